The van der Waals surface area contributed by atoms with Gasteiger partial charge in [0.15, 0.2) is 0 Å². The molecule has 0 spiro atoms. The molecule has 0 saturated carbocycles. The third-order valence-corrected chi connectivity index (χ3v) is 4.16. The van der Waals surface area contributed by atoms with Gasteiger partial charge in [-0.25, -0.2) is 15.0 Å². The quantitative estimate of drug-likeness (QED) is 0.927. The van der Waals surface area contributed by atoms with Gasteiger partial charge >= 0.3 is 0 Å². The Bertz CT molecular complexity index is 732. The van der Waals surface area contributed by atoms with Crippen LogP contribution in [-0.4, -0.2) is 46.5 Å². The molecule has 1 amide bonds. The molecule has 1 aliphatic rings. The fraction of sp³-hybridized carbons (Fsp3) is 0.412. The van der Waals surface area contributed by atoms with E-state index in [0.29, 0.717) is 23.8 Å². The normalized spacial score (nSPS) is 17.0. The standard InChI is InChI=1S/C17H21N5O2/c1-11-20-13(9-15(18-2)21-11)14-5-4-8-22(14)17(23)12-6-7-16(24-3)19-10-12/h6-7,9-10,14H,4-5,8H2,1-3H3,(H,18,20,21)/t14-/m1/s1. The summed E-state index contributed by atoms with van der Waals surface area (Å²) in [4.78, 5) is 27.7. The Morgan fingerprint density at radius 2 is 2.21 bits per heavy atom. The molecule has 7 heteroatoms. The zero-order chi connectivity index (χ0) is 17.1. The summed E-state index contributed by atoms with van der Waals surface area (Å²) in [6.07, 6.45) is 3.41. The van der Waals surface area contributed by atoms with Crippen molar-refractivity contribution in [2.45, 2.75) is 25.8 Å². The minimum atomic E-state index is -0.0339. The molecule has 2 aromatic rings. The van der Waals surface area contributed by atoms with Gasteiger partial charge in [-0.1, -0.05) is 0 Å². The number of carbonyl (C=O) groups is 1. The van der Waals surface area contributed by atoms with Crippen molar-refractivity contribution >= 4 is 11.7 Å². The number of carbonyl (C=O) groups excluding carboxylic acids is 1. The van der Waals surface area contributed by atoms with Gasteiger partial charge in [0.25, 0.3) is 5.91 Å². The molecule has 1 aliphatic heterocycles. The molecule has 7 nitrogen and oxygen atoms in total. The Kier molecular flexibility index (Phi) is 4.59. The van der Waals surface area contributed by atoms with Crippen LogP contribution in [0.4, 0.5) is 5.82 Å². The predicted molar refractivity (Wildman–Crippen MR) is 90.1 cm³/mol. The smallest absolute Gasteiger partial charge is 0.255 e. The highest BCUT2D eigenvalue weighted by molar-refractivity contribution is 5.94. The Morgan fingerprint density at radius 3 is 2.88 bits per heavy atom. The summed E-state index contributed by atoms with van der Waals surface area (Å²) in [6, 6.07) is 5.32. The van der Waals surface area contributed by atoms with Crippen molar-refractivity contribution in [3.63, 3.8) is 0 Å². The summed E-state index contributed by atoms with van der Waals surface area (Å²) < 4.78 is 5.04. The van der Waals surface area contributed by atoms with Gasteiger partial charge in [0.1, 0.15) is 11.6 Å². The van der Waals surface area contributed by atoms with Crippen molar-refractivity contribution in [1.29, 1.82) is 0 Å². The van der Waals surface area contributed by atoms with E-state index in [4.69, 9.17) is 4.74 Å². The van der Waals surface area contributed by atoms with E-state index in [1.165, 1.54) is 0 Å². The minimum absolute atomic E-state index is 0.0325. The molecule has 0 bridgehead atoms. The Morgan fingerprint density at radius 1 is 1.38 bits per heavy atom. The summed E-state index contributed by atoms with van der Waals surface area (Å²) in [5, 5.41) is 3.04. The molecule has 3 heterocycles. The fourth-order valence-electron chi connectivity index (χ4n) is 3.00. The van der Waals surface area contributed by atoms with Crippen molar-refractivity contribution in [2.24, 2.45) is 0 Å². The van der Waals surface area contributed by atoms with Crippen LogP contribution in [-0.2, 0) is 0 Å². The summed E-state index contributed by atoms with van der Waals surface area (Å²) in [5.41, 5.74) is 1.43. The second-order valence-electron chi connectivity index (χ2n) is 5.72. The maximum atomic E-state index is 12.9. The van der Waals surface area contributed by atoms with E-state index in [-0.39, 0.29) is 11.9 Å². The molecule has 0 radical (unpaired) electrons. The first-order valence-corrected chi connectivity index (χ1v) is 7.96. The molecule has 2 aromatic heterocycles. The second-order valence-corrected chi connectivity index (χ2v) is 5.72. The predicted octanol–water partition coefficient (Wildman–Crippen LogP) is 2.21. The van der Waals surface area contributed by atoms with Gasteiger partial charge in [0.2, 0.25) is 5.88 Å². The van der Waals surface area contributed by atoms with Crippen LogP contribution in [0.2, 0.25) is 0 Å². The number of ether oxygens (including phenoxy) is 1. The van der Waals surface area contributed by atoms with Crippen LogP contribution in [0.25, 0.3) is 0 Å². The van der Waals surface area contributed by atoms with E-state index in [1.54, 1.807) is 25.4 Å². The van der Waals surface area contributed by atoms with Gasteiger partial charge in [-0.3, -0.25) is 4.79 Å². The van der Waals surface area contributed by atoms with Gasteiger partial charge < -0.3 is 15.0 Å². The number of pyridine rings is 1. The number of hydrogen-bond donors (Lipinski definition) is 1. The lowest BCUT2D eigenvalue weighted by molar-refractivity contribution is 0.0732. The third-order valence-electron chi connectivity index (χ3n) is 4.16. The van der Waals surface area contributed by atoms with Crippen LogP contribution in [0.15, 0.2) is 24.4 Å². The topological polar surface area (TPSA) is 80.2 Å². The molecule has 1 fully saturated rings. The van der Waals surface area contributed by atoms with Crippen LogP contribution >= 0.6 is 0 Å². The summed E-state index contributed by atoms with van der Waals surface area (Å²) >= 11 is 0. The van der Waals surface area contributed by atoms with E-state index in [9.17, 15) is 4.79 Å². The number of rotatable bonds is 4. The maximum absolute atomic E-state index is 12.9. The van der Waals surface area contributed by atoms with Gasteiger partial charge in [-0.05, 0) is 25.8 Å². The van der Waals surface area contributed by atoms with Crippen LogP contribution in [0.1, 0.15) is 40.8 Å². The average molecular weight is 327 g/mol. The number of aromatic nitrogens is 3. The highest BCUT2D eigenvalue weighted by Gasteiger charge is 2.32. The van der Waals surface area contributed by atoms with E-state index < -0.39 is 0 Å². The monoisotopic (exact) mass is 327 g/mol. The van der Waals surface area contributed by atoms with Gasteiger partial charge in [0, 0.05) is 31.9 Å². The Hall–Kier alpha value is -2.70. The number of hydrogen-bond acceptors (Lipinski definition) is 6. The van der Waals surface area contributed by atoms with E-state index in [0.717, 1.165) is 24.4 Å². The van der Waals surface area contributed by atoms with Crippen LogP contribution in [0, 0.1) is 6.92 Å². The lowest BCUT2D eigenvalue weighted by atomic mass is 10.1. The molecular weight excluding hydrogens is 306 g/mol. The number of likely N-dealkylation sites (tertiary alicyclic amines) is 1. The lowest BCUT2D eigenvalue weighted by Gasteiger charge is -2.24. The van der Waals surface area contributed by atoms with E-state index in [1.807, 2.05) is 24.9 Å². The maximum Gasteiger partial charge on any atom is 0.255 e. The van der Waals surface area contributed by atoms with E-state index in [2.05, 4.69) is 20.3 Å². The molecule has 24 heavy (non-hydrogen) atoms. The first kappa shape index (κ1) is 16.2. The zero-order valence-electron chi connectivity index (χ0n) is 14.1. The lowest BCUT2D eigenvalue weighted by Crippen LogP contribution is -2.31. The second kappa shape index (κ2) is 6.82. The Balaban J connectivity index is 1.87. The highest BCUT2D eigenvalue weighted by atomic mass is 16.5. The average Bonchev–Trinajstić information content (AvgIpc) is 3.10. The number of nitrogens with zero attached hydrogens (tertiary/aromatic N) is 4. The van der Waals surface area contributed by atoms with Crippen molar-refractivity contribution in [3.8, 4) is 5.88 Å². The summed E-state index contributed by atoms with van der Waals surface area (Å²) in [7, 11) is 3.38. The molecule has 0 aromatic carbocycles. The van der Waals surface area contributed by atoms with Crippen LogP contribution in [0.3, 0.4) is 0 Å². The summed E-state index contributed by atoms with van der Waals surface area (Å²) in [6.45, 7) is 2.58. The van der Waals surface area contributed by atoms with Crippen LogP contribution in [0.5, 0.6) is 5.88 Å². The molecule has 1 N–H and O–H groups in total. The molecule has 126 valence electrons. The van der Waals surface area contributed by atoms with Crippen molar-refractivity contribution in [3.05, 3.63) is 41.5 Å². The third kappa shape index (κ3) is 3.15. The van der Waals surface area contributed by atoms with Gasteiger partial charge in [-0.15, -0.1) is 0 Å². The molecule has 0 aliphatic carbocycles. The minimum Gasteiger partial charge on any atom is -0.481 e. The SMILES string of the molecule is CNc1cc([C@H]2CCCN2C(=O)c2ccc(OC)nc2)nc(C)n1. The fourth-order valence-corrected chi connectivity index (χ4v) is 3.00. The van der Waals surface area contributed by atoms with E-state index >= 15 is 0 Å². The first-order chi connectivity index (χ1) is 11.6. The number of aryl methyl sites for hydroxylation is 1. The van der Waals surface area contributed by atoms with Crippen molar-refractivity contribution < 1.29 is 9.53 Å². The molecule has 3 rings (SSSR count). The summed E-state index contributed by atoms with van der Waals surface area (Å²) in [5.74, 6) is 1.93. The van der Waals surface area contributed by atoms with Gasteiger partial charge in [-0.2, -0.15) is 0 Å². The zero-order valence-corrected chi connectivity index (χ0v) is 14.1. The number of nitrogens with one attached hydrogen (secondary N) is 1. The van der Waals surface area contributed by atoms with Gasteiger partial charge in [0.05, 0.1) is 24.4 Å². The number of methoxy groups -OCH3 is 1. The molecular formula is C17H21N5O2. The first-order valence-electron chi connectivity index (χ1n) is 7.96. The van der Waals surface area contributed by atoms with Crippen LogP contribution < -0.4 is 10.1 Å². The highest BCUT2D eigenvalue weighted by Crippen LogP contribution is 2.33. The number of amides is 1. The largest absolute Gasteiger partial charge is 0.481 e. The van der Waals surface area contributed by atoms with Crippen molar-refractivity contribution in [1.82, 2.24) is 19.9 Å². The Labute approximate surface area is 141 Å². The van der Waals surface area contributed by atoms with Crippen molar-refractivity contribution in [2.75, 3.05) is 26.0 Å². The molecule has 1 saturated heterocycles. The number of anilines is 1. The molecule has 1 atom stereocenters. The molecule has 0 unspecified atom stereocenters.